The van der Waals surface area contributed by atoms with E-state index in [1.165, 1.54) is 17.2 Å². The van der Waals surface area contributed by atoms with Crippen LogP contribution in [0.25, 0.3) is 0 Å². The van der Waals surface area contributed by atoms with Crippen LogP contribution in [0.2, 0.25) is 5.22 Å². The summed E-state index contributed by atoms with van der Waals surface area (Å²) in [6, 6.07) is 1.27. The maximum atomic E-state index is 11.5. The highest BCUT2D eigenvalue weighted by Crippen LogP contribution is 2.15. The van der Waals surface area contributed by atoms with Crippen LogP contribution < -0.4 is 10.6 Å². The van der Waals surface area contributed by atoms with Crippen LogP contribution in [-0.4, -0.2) is 44.0 Å². The van der Waals surface area contributed by atoms with Gasteiger partial charge in [-0.25, -0.2) is 4.79 Å². The molecule has 0 atom stereocenters. The van der Waals surface area contributed by atoms with E-state index >= 15 is 0 Å². The van der Waals surface area contributed by atoms with Gasteiger partial charge >= 0.3 is 6.03 Å². The number of carbonyl (C=O) groups excluding carboxylic acids is 2. The van der Waals surface area contributed by atoms with Crippen LogP contribution >= 0.6 is 11.6 Å². The van der Waals surface area contributed by atoms with E-state index < -0.39 is 0 Å². The SMILES string of the molecule is CN(C)C(=O)NCCNC(=O)c1ccoc1Cl. The van der Waals surface area contributed by atoms with Crippen LogP contribution in [0.1, 0.15) is 10.4 Å². The third-order valence-corrected chi connectivity index (χ3v) is 2.25. The van der Waals surface area contributed by atoms with Gasteiger partial charge in [-0.05, 0) is 17.7 Å². The number of carbonyl (C=O) groups is 2. The Kier molecular flexibility index (Phi) is 4.84. The van der Waals surface area contributed by atoms with Crippen molar-refractivity contribution < 1.29 is 14.0 Å². The highest BCUT2D eigenvalue weighted by atomic mass is 35.5. The van der Waals surface area contributed by atoms with Gasteiger partial charge in [-0.15, -0.1) is 0 Å². The topological polar surface area (TPSA) is 74.6 Å². The number of nitrogens with one attached hydrogen (secondary N) is 2. The van der Waals surface area contributed by atoms with Gasteiger partial charge in [-0.2, -0.15) is 0 Å². The Morgan fingerprint density at radius 3 is 2.53 bits per heavy atom. The molecule has 7 heteroatoms. The summed E-state index contributed by atoms with van der Waals surface area (Å²) < 4.78 is 4.79. The first-order valence-corrected chi connectivity index (χ1v) is 5.36. The minimum atomic E-state index is -0.331. The zero-order valence-electron chi connectivity index (χ0n) is 9.62. The number of nitrogens with zero attached hydrogens (tertiary/aromatic N) is 1. The molecule has 0 aliphatic heterocycles. The highest BCUT2D eigenvalue weighted by Gasteiger charge is 2.12. The molecular formula is C10H14ClN3O3. The molecule has 0 fully saturated rings. The largest absolute Gasteiger partial charge is 0.452 e. The van der Waals surface area contributed by atoms with Gasteiger partial charge in [0.15, 0.2) is 0 Å². The average molecular weight is 260 g/mol. The number of urea groups is 1. The molecule has 6 nitrogen and oxygen atoms in total. The zero-order chi connectivity index (χ0) is 12.8. The molecule has 1 aromatic rings. The first kappa shape index (κ1) is 13.4. The number of amides is 3. The predicted octanol–water partition coefficient (Wildman–Crippen LogP) is 0.934. The molecule has 0 aromatic carbocycles. The summed E-state index contributed by atoms with van der Waals surface area (Å²) in [4.78, 5) is 24.1. The summed E-state index contributed by atoms with van der Waals surface area (Å²) >= 11 is 5.64. The number of furan rings is 1. The summed E-state index contributed by atoms with van der Waals surface area (Å²) in [6.07, 6.45) is 1.34. The maximum Gasteiger partial charge on any atom is 0.316 e. The Bertz CT molecular complexity index is 403. The molecule has 0 aliphatic rings. The molecule has 3 amide bonds. The number of hydrogen-bond donors (Lipinski definition) is 2. The number of hydrogen-bond acceptors (Lipinski definition) is 3. The lowest BCUT2D eigenvalue weighted by Gasteiger charge is -2.11. The van der Waals surface area contributed by atoms with Crippen molar-refractivity contribution >= 4 is 23.5 Å². The van der Waals surface area contributed by atoms with Crippen molar-refractivity contribution in [2.24, 2.45) is 0 Å². The van der Waals surface area contributed by atoms with Gasteiger partial charge in [-0.3, -0.25) is 4.79 Å². The monoisotopic (exact) mass is 259 g/mol. The number of rotatable bonds is 4. The van der Waals surface area contributed by atoms with Crippen molar-refractivity contribution in [2.45, 2.75) is 0 Å². The second-order valence-electron chi connectivity index (χ2n) is 3.49. The molecule has 94 valence electrons. The first-order chi connectivity index (χ1) is 8.02. The van der Waals surface area contributed by atoms with E-state index in [-0.39, 0.29) is 22.7 Å². The predicted molar refractivity (Wildman–Crippen MR) is 63.1 cm³/mol. The van der Waals surface area contributed by atoms with Crippen molar-refractivity contribution in [2.75, 3.05) is 27.2 Å². The Balaban J connectivity index is 2.26. The van der Waals surface area contributed by atoms with Gasteiger partial charge in [-0.1, -0.05) is 0 Å². The maximum absolute atomic E-state index is 11.5. The van der Waals surface area contributed by atoms with Crippen LogP contribution in [0.4, 0.5) is 4.79 Å². The van der Waals surface area contributed by atoms with Gasteiger partial charge < -0.3 is 20.0 Å². The summed E-state index contributed by atoms with van der Waals surface area (Å²) in [5.74, 6) is -0.331. The number of halogens is 1. The van der Waals surface area contributed by atoms with Gasteiger partial charge in [0.1, 0.15) is 0 Å². The second kappa shape index (κ2) is 6.15. The third-order valence-electron chi connectivity index (χ3n) is 1.96. The van der Waals surface area contributed by atoms with Crippen molar-refractivity contribution in [3.8, 4) is 0 Å². The fourth-order valence-corrected chi connectivity index (χ4v) is 1.25. The molecule has 0 saturated heterocycles. The molecule has 0 unspecified atom stereocenters. The molecule has 17 heavy (non-hydrogen) atoms. The molecular weight excluding hydrogens is 246 g/mol. The molecule has 2 N–H and O–H groups in total. The van der Waals surface area contributed by atoms with Crippen LogP contribution in [0, 0.1) is 0 Å². The fourth-order valence-electron chi connectivity index (χ4n) is 1.05. The van der Waals surface area contributed by atoms with Crippen molar-refractivity contribution in [1.82, 2.24) is 15.5 Å². The smallest absolute Gasteiger partial charge is 0.316 e. The standard InChI is InChI=1S/C10H14ClN3O3/c1-14(2)10(16)13-5-4-12-9(15)7-3-6-17-8(7)11/h3,6H,4-5H2,1-2H3,(H,12,15)(H,13,16). The lowest BCUT2D eigenvalue weighted by atomic mass is 10.3. The van der Waals surface area contributed by atoms with E-state index in [9.17, 15) is 9.59 Å². The Labute approximate surface area is 104 Å². The Hall–Kier alpha value is -1.69. The minimum Gasteiger partial charge on any atom is -0.452 e. The van der Waals surface area contributed by atoms with E-state index in [1.54, 1.807) is 14.1 Å². The van der Waals surface area contributed by atoms with E-state index in [2.05, 4.69) is 10.6 Å². The van der Waals surface area contributed by atoms with Crippen molar-refractivity contribution in [3.63, 3.8) is 0 Å². The molecule has 0 aliphatic carbocycles. The van der Waals surface area contributed by atoms with E-state index in [4.69, 9.17) is 16.0 Å². The van der Waals surface area contributed by atoms with Crippen LogP contribution in [-0.2, 0) is 0 Å². The minimum absolute atomic E-state index is 0.0554. The van der Waals surface area contributed by atoms with Gasteiger partial charge in [0.05, 0.1) is 11.8 Å². The van der Waals surface area contributed by atoms with Crippen molar-refractivity contribution in [3.05, 3.63) is 23.1 Å². The van der Waals surface area contributed by atoms with Gasteiger partial charge in [0.25, 0.3) is 5.91 Å². The Morgan fingerprint density at radius 2 is 2.00 bits per heavy atom. The van der Waals surface area contributed by atoms with Crippen molar-refractivity contribution in [1.29, 1.82) is 0 Å². The molecule has 0 bridgehead atoms. The first-order valence-electron chi connectivity index (χ1n) is 4.98. The lowest BCUT2D eigenvalue weighted by molar-refractivity contribution is 0.0953. The van der Waals surface area contributed by atoms with Crippen LogP contribution in [0.5, 0.6) is 0 Å². The summed E-state index contributed by atoms with van der Waals surface area (Å²) in [5, 5.41) is 5.27. The third kappa shape index (κ3) is 3.99. The molecule has 1 rings (SSSR count). The summed E-state index contributed by atoms with van der Waals surface area (Å²) in [6.45, 7) is 0.665. The Morgan fingerprint density at radius 1 is 1.35 bits per heavy atom. The zero-order valence-corrected chi connectivity index (χ0v) is 10.4. The summed E-state index contributed by atoms with van der Waals surface area (Å²) in [5.41, 5.74) is 0.283. The van der Waals surface area contributed by atoms with Crippen LogP contribution in [0.3, 0.4) is 0 Å². The molecule has 0 radical (unpaired) electrons. The summed E-state index contributed by atoms with van der Waals surface area (Å²) in [7, 11) is 3.28. The lowest BCUT2D eigenvalue weighted by Crippen LogP contribution is -2.39. The van der Waals surface area contributed by atoms with Crippen LogP contribution in [0.15, 0.2) is 16.7 Å². The highest BCUT2D eigenvalue weighted by molar-refractivity contribution is 6.32. The molecule has 1 heterocycles. The van der Waals surface area contributed by atoms with E-state index in [0.717, 1.165) is 0 Å². The second-order valence-corrected chi connectivity index (χ2v) is 3.83. The quantitative estimate of drug-likeness (QED) is 0.790. The van der Waals surface area contributed by atoms with E-state index in [0.29, 0.717) is 13.1 Å². The fraction of sp³-hybridized carbons (Fsp3) is 0.400. The molecule has 0 saturated carbocycles. The average Bonchev–Trinajstić information content (AvgIpc) is 2.70. The molecule has 0 spiro atoms. The normalized spacial score (nSPS) is 9.82. The van der Waals surface area contributed by atoms with E-state index in [1.807, 2.05) is 0 Å². The van der Waals surface area contributed by atoms with Gasteiger partial charge in [0, 0.05) is 27.2 Å². The van der Waals surface area contributed by atoms with Gasteiger partial charge in [0.2, 0.25) is 5.22 Å². The molecule has 1 aromatic heterocycles.